The van der Waals surface area contributed by atoms with Gasteiger partial charge in [0.1, 0.15) is 11.3 Å². The van der Waals surface area contributed by atoms with Crippen LogP contribution in [0.2, 0.25) is 10.0 Å². The first-order valence-corrected chi connectivity index (χ1v) is 12.6. The molecular weight excluding hydrogens is 520 g/mol. The second-order valence-electron chi connectivity index (χ2n) is 8.62. The van der Waals surface area contributed by atoms with Gasteiger partial charge in [0, 0.05) is 23.3 Å². The monoisotopic (exact) mass is 547 g/mol. The van der Waals surface area contributed by atoms with Crippen LogP contribution in [0.4, 0.5) is 16.4 Å². The minimum atomic E-state index is -0.547. The van der Waals surface area contributed by atoms with Crippen molar-refractivity contribution in [2.45, 2.75) is 26.3 Å². The van der Waals surface area contributed by atoms with Crippen LogP contribution in [0.3, 0.4) is 0 Å². The fraction of sp³-hybridized carbons (Fsp3) is 0.320. The molecule has 2 heterocycles. The topological polar surface area (TPSA) is 139 Å². The minimum absolute atomic E-state index is 0.0821. The number of rotatable bonds is 11. The molecule has 0 atom stereocenters. The molecule has 4 aromatic rings. The minimum Gasteiger partial charge on any atom is -0.422 e. The van der Waals surface area contributed by atoms with E-state index in [4.69, 9.17) is 39.1 Å². The maximum absolute atomic E-state index is 15.0. The van der Waals surface area contributed by atoms with Gasteiger partial charge in [-0.2, -0.15) is 9.97 Å². The smallest absolute Gasteiger partial charge is 0.302 e. The predicted octanol–water partition coefficient (Wildman–Crippen LogP) is 4.58. The van der Waals surface area contributed by atoms with E-state index in [0.717, 1.165) is 25.9 Å². The number of oxazole rings is 1. The highest BCUT2D eigenvalue weighted by atomic mass is 35.5. The highest BCUT2D eigenvalue weighted by Crippen LogP contribution is 2.34. The van der Waals surface area contributed by atoms with Crippen molar-refractivity contribution in [1.82, 2.24) is 19.9 Å². The number of anilines is 2. The number of nitrogens with two attached hydrogens (primary N) is 2. The van der Waals surface area contributed by atoms with Gasteiger partial charge in [-0.3, -0.25) is 15.0 Å². The molecule has 0 saturated carbocycles. The van der Waals surface area contributed by atoms with Crippen LogP contribution in [0.25, 0.3) is 22.2 Å². The molecule has 12 heteroatoms. The standard InChI is InChI=1S/C25H28Cl2FN7O2/c1-14-18(26)11-20-22(21(14)27)37-25(32-20)34-24-31-12-17(23(36)33-24)15-4-5-16(19(28)10-15)13-35(8-2-6-29)9-3-7-30/h4-5,10-12H,2-3,6-9,13,29-30H2,1H3,(H2,31,32,33,34,36). The molecule has 2 aromatic heterocycles. The van der Waals surface area contributed by atoms with Gasteiger partial charge in [0.2, 0.25) is 5.95 Å². The summed E-state index contributed by atoms with van der Waals surface area (Å²) in [5.74, 6) is -0.298. The van der Waals surface area contributed by atoms with Crippen molar-refractivity contribution < 1.29 is 8.81 Å². The summed E-state index contributed by atoms with van der Waals surface area (Å²) in [5.41, 5.74) is 13.4. The summed E-state index contributed by atoms with van der Waals surface area (Å²) in [5, 5.41) is 3.63. The molecule has 4 rings (SSSR count). The van der Waals surface area contributed by atoms with Gasteiger partial charge in [-0.25, -0.2) is 4.39 Å². The largest absolute Gasteiger partial charge is 0.422 e. The lowest BCUT2D eigenvalue weighted by molar-refractivity contribution is 0.258. The zero-order valence-electron chi connectivity index (χ0n) is 20.3. The van der Waals surface area contributed by atoms with Gasteiger partial charge >= 0.3 is 6.01 Å². The van der Waals surface area contributed by atoms with Crippen LogP contribution in [-0.2, 0) is 6.54 Å². The third-order valence-corrected chi connectivity index (χ3v) is 6.79. The number of benzene rings is 2. The van der Waals surface area contributed by atoms with Crippen LogP contribution in [0, 0.1) is 12.7 Å². The summed E-state index contributed by atoms with van der Waals surface area (Å²) >= 11 is 12.5. The molecule has 0 amide bonds. The molecule has 37 heavy (non-hydrogen) atoms. The van der Waals surface area contributed by atoms with Gasteiger partial charge in [0.25, 0.3) is 5.56 Å². The Bertz CT molecular complexity index is 1450. The average molecular weight is 548 g/mol. The Morgan fingerprint density at radius 1 is 1.14 bits per heavy atom. The van der Waals surface area contributed by atoms with E-state index in [1.807, 2.05) is 0 Å². The van der Waals surface area contributed by atoms with Crippen LogP contribution < -0.4 is 22.3 Å². The normalized spacial score (nSPS) is 11.5. The molecule has 0 aliphatic carbocycles. The van der Waals surface area contributed by atoms with E-state index >= 15 is 0 Å². The number of aromatic amines is 1. The van der Waals surface area contributed by atoms with E-state index in [9.17, 15) is 9.18 Å². The van der Waals surface area contributed by atoms with Crippen molar-refractivity contribution in [3.8, 4) is 11.1 Å². The summed E-state index contributed by atoms with van der Waals surface area (Å²) in [4.78, 5) is 26.0. The molecule has 2 aromatic carbocycles. The lowest BCUT2D eigenvalue weighted by Gasteiger charge is -2.22. The van der Waals surface area contributed by atoms with Crippen molar-refractivity contribution in [3.63, 3.8) is 0 Å². The van der Waals surface area contributed by atoms with Crippen LogP contribution in [0.15, 0.2) is 39.7 Å². The highest BCUT2D eigenvalue weighted by Gasteiger charge is 2.16. The van der Waals surface area contributed by atoms with Crippen LogP contribution in [0.5, 0.6) is 0 Å². The number of nitrogens with zero attached hydrogens (tertiary/aromatic N) is 3. The molecule has 0 unspecified atom stereocenters. The van der Waals surface area contributed by atoms with E-state index in [1.54, 1.807) is 25.1 Å². The van der Waals surface area contributed by atoms with E-state index in [0.29, 0.717) is 57.5 Å². The number of hydrogen-bond donors (Lipinski definition) is 4. The Balaban J connectivity index is 1.51. The maximum atomic E-state index is 15.0. The zero-order chi connectivity index (χ0) is 26.5. The summed E-state index contributed by atoms with van der Waals surface area (Å²) in [6.07, 6.45) is 3.09. The Hall–Kier alpha value is -3.02. The molecule has 0 bridgehead atoms. The van der Waals surface area contributed by atoms with Gasteiger partial charge in [-0.15, -0.1) is 0 Å². The van der Waals surface area contributed by atoms with Crippen molar-refractivity contribution in [2.24, 2.45) is 11.5 Å². The number of fused-ring (bicyclic) bond motifs is 1. The molecule has 9 nitrogen and oxygen atoms in total. The molecule has 0 saturated heterocycles. The zero-order valence-corrected chi connectivity index (χ0v) is 21.8. The van der Waals surface area contributed by atoms with Crippen LogP contribution in [0.1, 0.15) is 24.0 Å². The fourth-order valence-electron chi connectivity index (χ4n) is 3.90. The molecule has 0 aliphatic rings. The second kappa shape index (κ2) is 12.0. The van der Waals surface area contributed by atoms with Gasteiger partial charge in [0.05, 0.1) is 10.6 Å². The van der Waals surface area contributed by atoms with Crippen molar-refractivity contribution in [1.29, 1.82) is 0 Å². The van der Waals surface area contributed by atoms with Crippen molar-refractivity contribution in [3.05, 3.63) is 67.8 Å². The number of H-pyrrole nitrogens is 1. The molecule has 0 fully saturated rings. The lowest BCUT2D eigenvalue weighted by atomic mass is 10.1. The third kappa shape index (κ3) is 6.28. The molecular formula is C25H28Cl2FN7O2. The molecule has 0 radical (unpaired) electrons. The van der Waals surface area contributed by atoms with Gasteiger partial charge < -0.3 is 20.9 Å². The highest BCUT2D eigenvalue weighted by molar-refractivity contribution is 6.39. The molecule has 6 N–H and O–H groups in total. The van der Waals surface area contributed by atoms with Gasteiger partial charge in [0.15, 0.2) is 5.58 Å². The van der Waals surface area contributed by atoms with Crippen molar-refractivity contribution in [2.75, 3.05) is 31.5 Å². The fourth-order valence-corrected chi connectivity index (χ4v) is 4.38. The number of nitrogens with one attached hydrogen (secondary N) is 2. The first-order chi connectivity index (χ1) is 17.8. The lowest BCUT2D eigenvalue weighted by Crippen LogP contribution is -2.28. The van der Waals surface area contributed by atoms with Gasteiger partial charge in [-0.05, 0) is 69.2 Å². The van der Waals surface area contributed by atoms with Crippen molar-refractivity contribution >= 4 is 46.3 Å². The number of hydrogen-bond acceptors (Lipinski definition) is 8. The predicted molar refractivity (Wildman–Crippen MR) is 145 cm³/mol. The molecule has 196 valence electrons. The second-order valence-corrected chi connectivity index (χ2v) is 9.41. The van der Waals surface area contributed by atoms with E-state index in [2.05, 4.69) is 25.2 Å². The van der Waals surface area contributed by atoms with Gasteiger partial charge in [-0.1, -0.05) is 35.3 Å². The maximum Gasteiger partial charge on any atom is 0.302 e. The SMILES string of the molecule is Cc1c(Cl)cc2nc(Nc3nc(=O)c(-c4ccc(CN(CCCN)CCCN)c(F)c4)c[nH]3)oc2c1Cl. The Kier molecular flexibility index (Phi) is 8.78. The van der Waals surface area contributed by atoms with E-state index in [-0.39, 0.29) is 17.5 Å². The summed E-state index contributed by atoms with van der Waals surface area (Å²) in [7, 11) is 0. The van der Waals surface area contributed by atoms with E-state index in [1.165, 1.54) is 12.3 Å². The molecule has 0 aliphatic heterocycles. The summed E-state index contributed by atoms with van der Waals surface area (Å²) in [6, 6.07) is 6.45. The summed E-state index contributed by atoms with van der Waals surface area (Å²) in [6.45, 7) is 4.85. The number of aromatic nitrogens is 3. The summed E-state index contributed by atoms with van der Waals surface area (Å²) < 4.78 is 20.6. The van der Waals surface area contributed by atoms with Crippen LogP contribution in [-0.4, -0.2) is 46.0 Å². The Labute approximate surface area is 223 Å². The number of halogens is 3. The Morgan fingerprint density at radius 3 is 2.51 bits per heavy atom. The first-order valence-electron chi connectivity index (χ1n) is 11.8. The first kappa shape index (κ1) is 27.0. The average Bonchev–Trinajstić information content (AvgIpc) is 3.27. The third-order valence-electron chi connectivity index (χ3n) is 5.94. The Morgan fingerprint density at radius 2 is 1.86 bits per heavy atom. The van der Waals surface area contributed by atoms with E-state index < -0.39 is 11.4 Å². The molecule has 0 spiro atoms. The quantitative estimate of drug-likeness (QED) is 0.214. The van der Waals surface area contributed by atoms with Crippen LogP contribution >= 0.6 is 23.2 Å².